The van der Waals surface area contributed by atoms with Gasteiger partial charge in [-0.05, 0) is 25.8 Å². The van der Waals surface area contributed by atoms with Gasteiger partial charge < -0.3 is 5.32 Å². The summed E-state index contributed by atoms with van der Waals surface area (Å²) >= 11 is 0. The third-order valence-corrected chi connectivity index (χ3v) is 5.51. The van der Waals surface area contributed by atoms with Gasteiger partial charge in [0.2, 0.25) is 0 Å². The molecule has 3 nitrogen and oxygen atoms in total. The van der Waals surface area contributed by atoms with Crippen LogP contribution in [0.4, 0.5) is 0 Å². The van der Waals surface area contributed by atoms with Crippen molar-refractivity contribution in [1.29, 1.82) is 0 Å². The second-order valence-electron chi connectivity index (χ2n) is 4.34. The minimum absolute atomic E-state index is 0.136. The molecule has 4 heteroatoms. The fourth-order valence-corrected chi connectivity index (χ4v) is 3.99. The average molecular weight is 233 g/mol. The van der Waals surface area contributed by atoms with Crippen LogP contribution in [0.5, 0.6) is 0 Å². The summed E-state index contributed by atoms with van der Waals surface area (Å²) in [6.07, 6.45) is 5.15. The minimum atomic E-state index is -2.86. The molecule has 90 valence electrons. The van der Waals surface area contributed by atoms with Crippen molar-refractivity contribution in [3.63, 3.8) is 0 Å². The van der Waals surface area contributed by atoms with Crippen LogP contribution in [-0.2, 0) is 9.84 Å². The van der Waals surface area contributed by atoms with Gasteiger partial charge >= 0.3 is 0 Å². The second-order valence-corrected chi connectivity index (χ2v) is 6.84. The fraction of sp³-hybridized carbons (Fsp3) is 1.00. The highest BCUT2D eigenvalue weighted by molar-refractivity contribution is 7.92. The number of nitrogens with one attached hydrogen (secondary N) is 1. The summed E-state index contributed by atoms with van der Waals surface area (Å²) in [4.78, 5) is 0. The van der Waals surface area contributed by atoms with Gasteiger partial charge in [-0.1, -0.05) is 26.7 Å². The van der Waals surface area contributed by atoms with Crippen molar-refractivity contribution in [3.8, 4) is 0 Å². The maximum absolute atomic E-state index is 11.9. The Kier molecular flexibility index (Phi) is 5.06. The zero-order valence-corrected chi connectivity index (χ0v) is 10.6. The summed E-state index contributed by atoms with van der Waals surface area (Å²) in [7, 11) is -2.86. The summed E-state index contributed by atoms with van der Waals surface area (Å²) in [6, 6.07) is 0.198. The smallest absolute Gasteiger partial charge is 0.154 e. The molecule has 1 aliphatic carbocycles. The molecule has 0 radical (unpaired) electrons. The van der Waals surface area contributed by atoms with Gasteiger partial charge in [-0.25, -0.2) is 8.42 Å². The van der Waals surface area contributed by atoms with Crippen molar-refractivity contribution in [1.82, 2.24) is 5.32 Å². The van der Waals surface area contributed by atoms with Crippen molar-refractivity contribution in [2.24, 2.45) is 0 Å². The number of hydrogen-bond acceptors (Lipinski definition) is 3. The first-order valence-electron chi connectivity index (χ1n) is 6.06. The Hall–Kier alpha value is -0.0900. The van der Waals surface area contributed by atoms with Crippen LogP contribution < -0.4 is 5.32 Å². The lowest BCUT2D eigenvalue weighted by atomic mass is 9.95. The van der Waals surface area contributed by atoms with Crippen molar-refractivity contribution in [2.75, 3.05) is 12.3 Å². The van der Waals surface area contributed by atoms with Crippen LogP contribution in [-0.4, -0.2) is 32.0 Å². The van der Waals surface area contributed by atoms with E-state index in [2.05, 4.69) is 12.2 Å². The number of rotatable bonds is 5. The quantitative estimate of drug-likeness (QED) is 0.786. The van der Waals surface area contributed by atoms with Gasteiger partial charge in [0.1, 0.15) is 0 Å². The molecule has 2 unspecified atom stereocenters. The summed E-state index contributed by atoms with van der Waals surface area (Å²) < 4.78 is 23.8. The van der Waals surface area contributed by atoms with E-state index in [0.29, 0.717) is 0 Å². The number of hydrogen-bond donors (Lipinski definition) is 1. The van der Waals surface area contributed by atoms with E-state index in [1.54, 1.807) is 6.92 Å². The topological polar surface area (TPSA) is 46.2 Å². The molecule has 0 spiro atoms. The van der Waals surface area contributed by atoms with Crippen LogP contribution >= 0.6 is 0 Å². The van der Waals surface area contributed by atoms with Gasteiger partial charge in [0.05, 0.1) is 5.25 Å². The van der Waals surface area contributed by atoms with E-state index in [1.165, 1.54) is 0 Å². The largest absolute Gasteiger partial charge is 0.313 e. The molecule has 1 saturated carbocycles. The van der Waals surface area contributed by atoms with Crippen molar-refractivity contribution in [3.05, 3.63) is 0 Å². The Bertz CT molecular complexity index is 274. The Balaban J connectivity index is 2.65. The maximum Gasteiger partial charge on any atom is 0.154 e. The highest BCUT2D eigenvalue weighted by Crippen LogP contribution is 2.24. The lowest BCUT2D eigenvalue weighted by Crippen LogP contribution is -2.47. The van der Waals surface area contributed by atoms with Gasteiger partial charge in [-0.3, -0.25) is 0 Å². The summed E-state index contributed by atoms with van der Waals surface area (Å²) in [6.45, 7) is 4.79. The van der Waals surface area contributed by atoms with E-state index in [4.69, 9.17) is 0 Å². The zero-order chi connectivity index (χ0) is 11.3. The van der Waals surface area contributed by atoms with Crippen molar-refractivity contribution in [2.45, 2.75) is 57.2 Å². The van der Waals surface area contributed by atoms with E-state index >= 15 is 0 Å². The SMILES string of the molecule is CCCNC1CCCCC1S(=O)(=O)CC. The fourth-order valence-electron chi connectivity index (χ4n) is 2.30. The highest BCUT2D eigenvalue weighted by Gasteiger charge is 2.33. The Morgan fingerprint density at radius 2 is 1.87 bits per heavy atom. The molecule has 1 fully saturated rings. The first kappa shape index (κ1) is 13.0. The maximum atomic E-state index is 11.9. The molecule has 0 saturated heterocycles. The lowest BCUT2D eigenvalue weighted by Gasteiger charge is -2.31. The molecule has 15 heavy (non-hydrogen) atoms. The third-order valence-electron chi connectivity index (χ3n) is 3.22. The molecule has 0 aromatic rings. The first-order valence-corrected chi connectivity index (χ1v) is 7.78. The minimum Gasteiger partial charge on any atom is -0.313 e. The molecule has 0 aromatic carbocycles. The van der Waals surface area contributed by atoms with Gasteiger partial charge in [-0.15, -0.1) is 0 Å². The monoisotopic (exact) mass is 233 g/mol. The van der Waals surface area contributed by atoms with Gasteiger partial charge in [0, 0.05) is 11.8 Å². The van der Waals surface area contributed by atoms with Crippen LogP contribution in [0.3, 0.4) is 0 Å². The van der Waals surface area contributed by atoms with Gasteiger partial charge in [0.15, 0.2) is 9.84 Å². The zero-order valence-electron chi connectivity index (χ0n) is 9.83. The second kappa shape index (κ2) is 5.85. The summed E-state index contributed by atoms with van der Waals surface area (Å²) in [5.41, 5.74) is 0. The van der Waals surface area contributed by atoms with E-state index in [1.807, 2.05) is 0 Å². The lowest BCUT2D eigenvalue weighted by molar-refractivity contribution is 0.371. The van der Waals surface area contributed by atoms with Crippen LogP contribution in [0.15, 0.2) is 0 Å². The number of sulfone groups is 1. The Labute approximate surface area is 93.6 Å². The molecule has 1 aliphatic rings. The molecule has 0 heterocycles. The van der Waals surface area contributed by atoms with E-state index in [9.17, 15) is 8.42 Å². The molecule has 0 amide bonds. The van der Waals surface area contributed by atoms with Crippen molar-refractivity contribution < 1.29 is 8.42 Å². The summed E-state index contributed by atoms with van der Waals surface area (Å²) in [5, 5.41) is 3.25. The van der Waals surface area contributed by atoms with Crippen molar-refractivity contribution >= 4 is 9.84 Å². The van der Waals surface area contributed by atoms with E-state index in [0.717, 1.165) is 38.6 Å². The van der Waals surface area contributed by atoms with Gasteiger partial charge in [0.25, 0.3) is 0 Å². The van der Waals surface area contributed by atoms with Crippen LogP contribution in [0.2, 0.25) is 0 Å². The normalized spacial score (nSPS) is 27.9. The molecular formula is C11H23NO2S. The van der Waals surface area contributed by atoms with Crippen LogP contribution in [0.25, 0.3) is 0 Å². The molecule has 1 N–H and O–H groups in total. The first-order chi connectivity index (χ1) is 7.11. The third kappa shape index (κ3) is 3.45. The van der Waals surface area contributed by atoms with E-state index in [-0.39, 0.29) is 17.0 Å². The molecule has 1 rings (SSSR count). The van der Waals surface area contributed by atoms with Crippen LogP contribution in [0.1, 0.15) is 46.0 Å². The highest BCUT2D eigenvalue weighted by atomic mass is 32.2. The molecular weight excluding hydrogens is 210 g/mol. The molecule has 0 aliphatic heterocycles. The Morgan fingerprint density at radius 1 is 1.20 bits per heavy atom. The van der Waals surface area contributed by atoms with E-state index < -0.39 is 9.84 Å². The standard InChI is InChI=1S/C11H23NO2S/c1-3-9-12-10-7-5-6-8-11(10)15(13,14)4-2/h10-12H,3-9H2,1-2H3. The predicted molar refractivity (Wildman–Crippen MR) is 63.8 cm³/mol. The average Bonchev–Trinajstić information content (AvgIpc) is 2.26. The molecule has 2 atom stereocenters. The summed E-state index contributed by atoms with van der Waals surface area (Å²) in [5.74, 6) is 0.280. The Morgan fingerprint density at radius 3 is 2.47 bits per heavy atom. The van der Waals surface area contributed by atoms with Crippen LogP contribution in [0, 0.1) is 0 Å². The predicted octanol–water partition coefficient (Wildman–Crippen LogP) is 1.73. The molecule has 0 aromatic heterocycles. The van der Waals surface area contributed by atoms with Gasteiger partial charge in [-0.2, -0.15) is 0 Å². The molecule has 0 bridgehead atoms.